The van der Waals surface area contributed by atoms with Crippen molar-refractivity contribution < 1.29 is 14.0 Å². The molecule has 1 aliphatic heterocycles. The van der Waals surface area contributed by atoms with Crippen LogP contribution in [0, 0.1) is 0 Å². The van der Waals surface area contributed by atoms with Crippen molar-refractivity contribution in [1.82, 2.24) is 14.9 Å². The fraction of sp³-hybridized carbons (Fsp3) is 0.176. The van der Waals surface area contributed by atoms with Gasteiger partial charge in [-0.2, -0.15) is 0 Å². The highest BCUT2D eigenvalue weighted by Crippen LogP contribution is 2.29. The van der Waals surface area contributed by atoms with Crippen molar-refractivity contribution >= 4 is 28.3 Å². The first kappa shape index (κ1) is 16.3. The van der Waals surface area contributed by atoms with Crippen LogP contribution in [0.2, 0.25) is 0 Å². The maximum absolute atomic E-state index is 12.6. The number of aromatic nitrogens is 2. The minimum Gasteiger partial charge on any atom is -0.472 e. The van der Waals surface area contributed by atoms with E-state index in [1.165, 1.54) is 36.1 Å². The Morgan fingerprint density at radius 2 is 2.23 bits per heavy atom. The Bertz CT molecular complexity index is 1020. The van der Waals surface area contributed by atoms with Crippen molar-refractivity contribution in [3.8, 4) is 0 Å². The van der Waals surface area contributed by atoms with E-state index >= 15 is 0 Å². The maximum atomic E-state index is 12.6. The number of H-pyrrole nitrogens is 1. The molecule has 3 aromatic heterocycles. The van der Waals surface area contributed by atoms with Gasteiger partial charge in [0.15, 0.2) is 5.13 Å². The van der Waals surface area contributed by atoms with Crippen LogP contribution in [0.15, 0.2) is 46.1 Å². The Morgan fingerprint density at radius 3 is 3.00 bits per heavy atom. The quantitative estimate of drug-likeness (QED) is 0.732. The molecule has 0 aromatic carbocycles. The molecule has 2 amide bonds. The van der Waals surface area contributed by atoms with E-state index in [1.54, 1.807) is 17.0 Å². The van der Waals surface area contributed by atoms with Crippen molar-refractivity contribution in [3.05, 3.63) is 69.0 Å². The van der Waals surface area contributed by atoms with E-state index in [2.05, 4.69) is 15.3 Å². The van der Waals surface area contributed by atoms with Gasteiger partial charge in [0.25, 0.3) is 17.4 Å². The van der Waals surface area contributed by atoms with Gasteiger partial charge in [-0.3, -0.25) is 19.7 Å². The summed E-state index contributed by atoms with van der Waals surface area (Å²) in [7, 11) is 0. The number of hydrogen-bond acceptors (Lipinski definition) is 6. The molecule has 0 aliphatic carbocycles. The predicted octanol–water partition coefficient (Wildman–Crippen LogP) is 1.88. The monoisotopic (exact) mass is 370 g/mol. The molecule has 0 radical (unpaired) electrons. The average Bonchev–Trinajstić information content (AvgIpc) is 3.30. The molecular weight excluding hydrogens is 356 g/mol. The predicted molar refractivity (Wildman–Crippen MR) is 94.3 cm³/mol. The van der Waals surface area contributed by atoms with Crippen LogP contribution in [0.3, 0.4) is 0 Å². The second-order valence-electron chi connectivity index (χ2n) is 5.74. The van der Waals surface area contributed by atoms with Gasteiger partial charge < -0.3 is 14.3 Å². The Hall–Kier alpha value is -3.20. The smallest absolute Gasteiger partial charge is 0.260 e. The van der Waals surface area contributed by atoms with Crippen molar-refractivity contribution in [2.75, 3.05) is 11.9 Å². The zero-order valence-corrected chi connectivity index (χ0v) is 14.3. The molecule has 0 bridgehead atoms. The number of aromatic amines is 1. The van der Waals surface area contributed by atoms with Gasteiger partial charge in [-0.15, -0.1) is 0 Å². The molecule has 0 unspecified atom stereocenters. The summed E-state index contributed by atoms with van der Waals surface area (Å²) in [6.45, 7) is 0.834. The van der Waals surface area contributed by atoms with Crippen LogP contribution in [0.4, 0.5) is 5.13 Å². The first-order chi connectivity index (χ1) is 12.6. The third-order valence-corrected chi connectivity index (χ3v) is 5.07. The lowest BCUT2D eigenvalue weighted by Gasteiger charge is -2.25. The fourth-order valence-electron chi connectivity index (χ4n) is 2.75. The molecule has 8 nitrogen and oxygen atoms in total. The van der Waals surface area contributed by atoms with Crippen LogP contribution in [0.5, 0.6) is 0 Å². The lowest BCUT2D eigenvalue weighted by atomic mass is 10.1. The van der Waals surface area contributed by atoms with E-state index in [4.69, 9.17) is 4.42 Å². The van der Waals surface area contributed by atoms with E-state index in [-0.39, 0.29) is 17.4 Å². The number of fused-ring (bicyclic) bond motifs is 1. The van der Waals surface area contributed by atoms with Crippen LogP contribution in [0.1, 0.15) is 31.3 Å². The molecule has 3 aromatic rings. The van der Waals surface area contributed by atoms with Crippen LogP contribution < -0.4 is 10.9 Å². The largest absolute Gasteiger partial charge is 0.472 e. The summed E-state index contributed by atoms with van der Waals surface area (Å²) in [6.07, 6.45) is 4.85. The number of pyridine rings is 1. The molecule has 4 heterocycles. The Balaban J connectivity index is 1.50. The first-order valence-electron chi connectivity index (χ1n) is 7.91. The first-order valence-corrected chi connectivity index (χ1v) is 8.72. The molecule has 9 heteroatoms. The zero-order valence-electron chi connectivity index (χ0n) is 13.5. The third-order valence-electron chi connectivity index (χ3n) is 4.07. The number of amides is 2. The average molecular weight is 370 g/mol. The number of furan rings is 1. The standard InChI is InChI=1S/C17H14N4O4S/c22-14(10-4-7-25-9-10)20-17-19-12-3-6-21(8-13(12)26-17)16(24)11-2-1-5-18-15(11)23/h1-2,4-5,7,9H,3,6,8H2,(H,18,23)(H,19,20,22). The van der Waals surface area contributed by atoms with Gasteiger partial charge in [0.05, 0.1) is 24.1 Å². The molecule has 0 saturated heterocycles. The third kappa shape index (κ3) is 3.04. The molecule has 2 N–H and O–H groups in total. The Labute approximate surface area is 151 Å². The van der Waals surface area contributed by atoms with Crippen molar-refractivity contribution in [3.63, 3.8) is 0 Å². The highest BCUT2D eigenvalue weighted by Gasteiger charge is 2.26. The van der Waals surface area contributed by atoms with Crippen LogP contribution >= 0.6 is 11.3 Å². The summed E-state index contributed by atoms with van der Waals surface area (Å²) in [5, 5.41) is 3.22. The van der Waals surface area contributed by atoms with Crippen LogP contribution in [0.25, 0.3) is 0 Å². The number of thiazole rings is 1. The maximum Gasteiger partial charge on any atom is 0.260 e. The topological polar surface area (TPSA) is 108 Å². The number of anilines is 1. The molecular formula is C17H14N4O4S. The second-order valence-corrected chi connectivity index (χ2v) is 6.83. The van der Waals surface area contributed by atoms with E-state index in [0.29, 0.717) is 30.2 Å². The van der Waals surface area contributed by atoms with E-state index in [0.717, 1.165) is 10.6 Å². The highest BCUT2D eigenvalue weighted by atomic mass is 32.1. The summed E-state index contributed by atoms with van der Waals surface area (Å²) in [6, 6.07) is 4.71. The minimum absolute atomic E-state index is 0.119. The molecule has 26 heavy (non-hydrogen) atoms. The highest BCUT2D eigenvalue weighted by molar-refractivity contribution is 7.15. The van der Waals surface area contributed by atoms with Gasteiger partial charge in [0.1, 0.15) is 11.8 Å². The summed E-state index contributed by atoms with van der Waals surface area (Å²) >= 11 is 1.33. The van der Waals surface area contributed by atoms with Crippen LogP contribution in [-0.2, 0) is 13.0 Å². The molecule has 132 valence electrons. The van der Waals surface area contributed by atoms with Gasteiger partial charge in [-0.1, -0.05) is 11.3 Å². The van der Waals surface area contributed by atoms with E-state index in [9.17, 15) is 14.4 Å². The van der Waals surface area contributed by atoms with E-state index in [1.807, 2.05) is 0 Å². The van der Waals surface area contributed by atoms with Crippen molar-refractivity contribution in [2.45, 2.75) is 13.0 Å². The summed E-state index contributed by atoms with van der Waals surface area (Å²) in [4.78, 5) is 45.9. The molecule has 0 saturated carbocycles. The number of carbonyl (C=O) groups excluding carboxylic acids is 2. The van der Waals surface area contributed by atoms with Gasteiger partial charge in [-0.05, 0) is 18.2 Å². The zero-order chi connectivity index (χ0) is 18.1. The van der Waals surface area contributed by atoms with E-state index < -0.39 is 5.56 Å². The van der Waals surface area contributed by atoms with Gasteiger partial charge in [0.2, 0.25) is 0 Å². The Kier molecular flexibility index (Phi) is 4.13. The van der Waals surface area contributed by atoms with Crippen LogP contribution in [-0.4, -0.2) is 33.2 Å². The number of carbonyl (C=O) groups is 2. The Morgan fingerprint density at radius 1 is 1.35 bits per heavy atom. The SMILES string of the molecule is O=C(Nc1nc2c(s1)CN(C(=O)c1ccc[nH]c1=O)CC2)c1ccoc1. The second kappa shape index (κ2) is 6.60. The molecule has 0 fully saturated rings. The summed E-state index contributed by atoms with van der Waals surface area (Å²) in [5.41, 5.74) is 0.997. The van der Waals surface area contributed by atoms with Gasteiger partial charge in [0, 0.05) is 24.0 Å². The minimum atomic E-state index is -0.402. The van der Waals surface area contributed by atoms with Gasteiger partial charge in [-0.25, -0.2) is 4.98 Å². The lowest BCUT2D eigenvalue weighted by Crippen LogP contribution is -2.38. The number of nitrogens with zero attached hydrogens (tertiary/aromatic N) is 2. The summed E-state index contributed by atoms with van der Waals surface area (Å²) < 4.78 is 4.90. The molecule has 0 atom stereocenters. The number of rotatable bonds is 3. The molecule has 4 rings (SSSR count). The molecule has 0 spiro atoms. The normalized spacial score (nSPS) is 13.3. The molecule has 1 aliphatic rings. The van der Waals surface area contributed by atoms with Gasteiger partial charge >= 0.3 is 0 Å². The van der Waals surface area contributed by atoms with Crippen molar-refractivity contribution in [2.24, 2.45) is 0 Å². The lowest BCUT2D eigenvalue weighted by molar-refractivity contribution is 0.0734. The number of nitrogens with one attached hydrogen (secondary N) is 2. The summed E-state index contributed by atoms with van der Waals surface area (Å²) in [5.74, 6) is -0.608. The fourth-order valence-corrected chi connectivity index (χ4v) is 3.76. The number of hydrogen-bond donors (Lipinski definition) is 2. The van der Waals surface area contributed by atoms with Crippen molar-refractivity contribution in [1.29, 1.82) is 0 Å².